The summed E-state index contributed by atoms with van der Waals surface area (Å²) in [6.07, 6.45) is 1.24. The molecule has 5 nitrogen and oxygen atoms in total. The topological polar surface area (TPSA) is 76.3 Å². The average Bonchev–Trinajstić information content (AvgIpc) is 2.71. The van der Waals surface area contributed by atoms with Gasteiger partial charge >= 0.3 is 0 Å². The lowest BCUT2D eigenvalue weighted by Crippen LogP contribution is -2.47. The van der Waals surface area contributed by atoms with Crippen LogP contribution in [0, 0.1) is 11.6 Å². The zero-order valence-corrected chi connectivity index (χ0v) is 19.8. The number of rotatable bonds is 5. The van der Waals surface area contributed by atoms with E-state index in [2.05, 4.69) is 4.98 Å². The second-order valence-electron chi connectivity index (χ2n) is 8.15. The number of hydrazine groups is 1. The van der Waals surface area contributed by atoms with Crippen molar-refractivity contribution >= 4 is 38.9 Å². The highest BCUT2D eigenvalue weighted by atomic mass is 35.5. The molecule has 0 radical (unpaired) electrons. The molecular formula is C22H21Cl2F2N3O2S. The maximum Gasteiger partial charge on any atom is 0.189 e. The van der Waals surface area contributed by atoms with Crippen molar-refractivity contribution in [1.82, 2.24) is 4.98 Å². The van der Waals surface area contributed by atoms with Crippen molar-refractivity contribution in [3.8, 4) is 0 Å². The van der Waals surface area contributed by atoms with Gasteiger partial charge in [-0.25, -0.2) is 28.0 Å². The molecule has 0 aliphatic rings. The minimum atomic E-state index is -4.30. The van der Waals surface area contributed by atoms with E-state index in [1.54, 1.807) is 0 Å². The molecule has 32 heavy (non-hydrogen) atoms. The van der Waals surface area contributed by atoms with Gasteiger partial charge in [-0.3, -0.25) is 5.01 Å². The molecular weight excluding hydrogens is 479 g/mol. The lowest BCUT2D eigenvalue weighted by Gasteiger charge is -2.32. The van der Waals surface area contributed by atoms with Crippen LogP contribution in [-0.4, -0.2) is 18.9 Å². The van der Waals surface area contributed by atoms with Crippen LogP contribution >= 0.6 is 23.2 Å². The third-order valence-corrected chi connectivity index (χ3v) is 7.44. The van der Waals surface area contributed by atoms with Crippen molar-refractivity contribution in [3.05, 3.63) is 87.5 Å². The Morgan fingerprint density at radius 1 is 1.00 bits per heavy atom. The SMILES string of the molecule is CC(C)(C)N(N)c1cc(C(c2cc(F)ccc2F)S(=O)(=O)c2ccc(Cl)cc2)c(Cl)cn1. The lowest BCUT2D eigenvalue weighted by molar-refractivity contribution is 0.508. The Labute approximate surface area is 195 Å². The zero-order chi connectivity index (χ0) is 23.8. The number of nitrogens with two attached hydrogens (primary N) is 1. The van der Waals surface area contributed by atoms with E-state index in [1.165, 1.54) is 41.5 Å². The van der Waals surface area contributed by atoms with Gasteiger partial charge in [-0.2, -0.15) is 0 Å². The van der Waals surface area contributed by atoms with Gasteiger partial charge in [0.2, 0.25) is 0 Å². The van der Waals surface area contributed by atoms with Gasteiger partial charge in [-0.05, 0) is 74.9 Å². The summed E-state index contributed by atoms with van der Waals surface area (Å²) < 4.78 is 56.3. The van der Waals surface area contributed by atoms with E-state index in [9.17, 15) is 17.2 Å². The molecule has 10 heteroatoms. The molecule has 0 bridgehead atoms. The molecule has 0 amide bonds. The number of pyridine rings is 1. The van der Waals surface area contributed by atoms with Gasteiger partial charge in [-0.15, -0.1) is 0 Å². The van der Waals surface area contributed by atoms with Crippen molar-refractivity contribution in [2.75, 3.05) is 5.01 Å². The molecule has 0 saturated heterocycles. The number of anilines is 1. The normalized spacial score (nSPS) is 13.1. The number of nitrogens with zero attached hydrogens (tertiary/aromatic N) is 2. The fourth-order valence-corrected chi connectivity index (χ4v) is 5.33. The summed E-state index contributed by atoms with van der Waals surface area (Å²) in [6.45, 7) is 5.49. The van der Waals surface area contributed by atoms with Gasteiger partial charge < -0.3 is 0 Å². The number of aromatic nitrogens is 1. The van der Waals surface area contributed by atoms with Crippen LogP contribution in [0.5, 0.6) is 0 Å². The van der Waals surface area contributed by atoms with Crippen LogP contribution in [0.1, 0.15) is 37.1 Å². The molecule has 1 heterocycles. The molecule has 0 spiro atoms. The van der Waals surface area contributed by atoms with Crippen LogP contribution in [0.2, 0.25) is 10.0 Å². The number of halogens is 4. The van der Waals surface area contributed by atoms with Gasteiger partial charge in [0.1, 0.15) is 22.7 Å². The van der Waals surface area contributed by atoms with Crippen LogP contribution in [0.4, 0.5) is 14.6 Å². The molecule has 170 valence electrons. The predicted octanol–water partition coefficient (Wildman–Crippen LogP) is 5.71. The molecule has 2 N–H and O–H groups in total. The monoisotopic (exact) mass is 499 g/mol. The smallest absolute Gasteiger partial charge is 0.189 e. The third kappa shape index (κ3) is 4.88. The lowest BCUT2D eigenvalue weighted by atomic mass is 10.0. The van der Waals surface area contributed by atoms with Crippen molar-refractivity contribution < 1.29 is 17.2 Å². The molecule has 1 aromatic heterocycles. The van der Waals surface area contributed by atoms with Crippen LogP contribution in [0.15, 0.2) is 59.6 Å². The quantitative estimate of drug-likeness (QED) is 0.359. The number of sulfone groups is 1. The highest BCUT2D eigenvalue weighted by molar-refractivity contribution is 7.92. The van der Waals surface area contributed by atoms with Gasteiger partial charge in [0.15, 0.2) is 9.84 Å². The van der Waals surface area contributed by atoms with Crippen molar-refractivity contribution in [2.45, 2.75) is 36.5 Å². The van der Waals surface area contributed by atoms with Gasteiger partial charge in [0, 0.05) is 22.3 Å². The van der Waals surface area contributed by atoms with Crippen molar-refractivity contribution in [3.63, 3.8) is 0 Å². The minimum Gasteiger partial charge on any atom is -0.290 e. The van der Waals surface area contributed by atoms with E-state index >= 15 is 0 Å². The molecule has 0 aliphatic carbocycles. The van der Waals surface area contributed by atoms with Crippen LogP contribution in [-0.2, 0) is 9.84 Å². The first-order chi connectivity index (χ1) is 14.8. The Balaban J connectivity index is 2.32. The van der Waals surface area contributed by atoms with Crippen LogP contribution in [0.3, 0.4) is 0 Å². The summed E-state index contributed by atoms with van der Waals surface area (Å²) in [5.41, 5.74) is -0.943. The zero-order valence-electron chi connectivity index (χ0n) is 17.5. The molecule has 0 aliphatic heterocycles. The summed E-state index contributed by atoms with van der Waals surface area (Å²) in [7, 11) is -4.30. The first kappa shape index (κ1) is 24.4. The Morgan fingerprint density at radius 3 is 2.22 bits per heavy atom. The maximum atomic E-state index is 14.8. The van der Waals surface area contributed by atoms with Crippen molar-refractivity contribution in [1.29, 1.82) is 0 Å². The van der Waals surface area contributed by atoms with E-state index in [0.717, 1.165) is 18.2 Å². The molecule has 2 aromatic carbocycles. The molecule has 3 aromatic rings. The third-order valence-electron chi connectivity index (χ3n) is 4.82. The highest BCUT2D eigenvalue weighted by Gasteiger charge is 2.36. The van der Waals surface area contributed by atoms with Crippen LogP contribution < -0.4 is 10.9 Å². The summed E-state index contributed by atoms with van der Waals surface area (Å²) in [5.74, 6) is 4.67. The second kappa shape index (κ2) is 8.94. The Hall–Kier alpha value is -2.26. The summed E-state index contributed by atoms with van der Waals surface area (Å²) in [4.78, 5) is 4.04. The Bertz CT molecular complexity index is 1250. The largest absolute Gasteiger partial charge is 0.290 e. The first-order valence-electron chi connectivity index (χ1n) is 9.47. The molecule has 1 atom stereocenters. The summed E-state index contributed by atoms with van der Waals surface area (Å²) >= 11 is 12.2. The fraction of sp³-hybridized carbons (Fsp3) is 0.227. The summed E-state index contributed by atoms with van der Waals surface area (Å²) in [6, 6.07) is 9.37. The fourth-order valence-electron chi connectivity index (χ4n) is 3.10. The number of benzene rings is 2. The van der Waals surface area contributed by atoms with E-state index in [0.29, 0.717) is 5.02 Å². The number of hydrogen-bond donors (Lipinski definition) is 1. The Morgan fingerprint density at radius 2 is 1.62 bits per heavy atom. The molecule has 3 rings (SSSR count). The molecule has 0 fully saturated rings. The predicted molar refractivity (Wildman–Crippen MR) is 123 cm³/mol. The minimum absolute atomic E-state index is 0.0100. The van der Waals surface area contributed by atoms with E-state index in [1.807, 2.05) is 20.8 Å². The standard InChI is InChI=1S/C22H21Cl2F2N3O2S/c1-22(2,3)29(27)20-11-16(18(24)12-28-20)21(17-10-14(25)6-9-19(17)26)32(30,31)15-7-4-13(23)5-8-15/h4-12,21H,27H2,1-3H3. The maximum absolute atomic E-state index is 14.8. The molecule has 1 unspecified atom stereocenters. The van der Waals surface area contributed by atoms with E-state index < -0.39 is 37.8 Å². The summed E-state index contributed by atoms with van der Waals surface area (Å²) in [5, 5.41) is -0.0457. The van der Waals surface area contributed by atoms with Gasteiger partial charge in [0.25, 0.3) is 0 Å². The van der Waals surface area contributed by atoms with Gasteiger partial charge in [0.05, 0.1) is 9.92 Å². The van der Waals surface area contributed by atoms with Gasteiger partial charge in [-0.1, -0.05) is 23.2 Å². The van der Waals surface area contributed by atoms with E-state index in [-0.39, 0.29) is 21.3 Å². The average molecular weight is 500 g/mol. The molecule has 0 saturated carbocycles. The van der Waals surface area contributed by atoms with Crippen molar-refractivity contribution in [2.24, 2.45) is 5.84 Å². The number of hydrogen-bond acceptors (Lipinski definition) is 5. The van der Waals surface area contributed by atoms with Crippen LogP contribution in [0.25, 0.3) is 0 Å². The first-order valence-corrected chi connectivity index (χ1v) is 11.8. The van der Waals surface area contributed by atoms with E-state index in [4.69, 9.17) is 29.0 Å². The Kier molecular flexibility index (Phi) is 6.81. The second-order valence-corrected chi connectivity index (χ2v) is 11.0. The highest BCUT2D eigenvalue weighted by Crippen LogP contribution is 2.41.